The molecule has 23 heavy (non-hydrogen) atoms. The summed E-state index contributed by atoms with van der Waals surface area (Å²) in [7, 11) is 1.30. The smallest absolute Gasteiger partial charge is 0.325 e. The number of carbonyl (C=O) groups is 1. The van der Waals surface area contributed by atoms with Gasteiger partial charge in [-0.25, -0.2) is 4.98 Å². The minimum absolute atomic E-state index is 0.138. The number of nitrogens with zero attached hydrogens (tertiary/aromatic N) is 2. The number of hydrogen-bond acceptors (Lipinski definition) is 5. The largest absolute Gasteiger partial charge is 0.468 e. The maximum absolute atomic E-state index is 12.8. The first kappa shape index (κ1) is 15.4. The predicted octanol–water partition coefficient (Wildman–Crippen LogP) is 2.91. The third-order valence-electron chi connectivity index (χ3n) is 3.72. The fourth-order valence-corrected chi connectivity index (χ4v) is 3.52. The van der Waals surface area contributed by atoms with Gasteiger partial charge >= 0.3 is 5.97 Å². The first-order valence-electron chi connectivity index (χ1n) is 7.13. The van der Waals surface area contributed by atoms with Crippen LogP contribution in [0.25, 0.3) is 21.3 Å². The van der Waals surface area contributed by atoms with Gasteiger partial charge in [0.1, 0.15) is 11.4 Å². The second-order valence-electron chi connectivity index (χ2n) is 5.33. The Morgan fingerprint density at radius 2 is 1.96 bits per heavy atom. The number of fused-ring (bicyclic) bond motifs is 1. The molecule has 2 aromatic heterocycles. The summed E-state index contributed by atoms with van der Waals surface area (Å²) in [5, 5.41) is 0.558. The summed E-state index contributed by atoms with van der Waals surface area (Å²) in [6.45, 7) is 3.86. The summed E-state index contributed by atoms with van der Waals surface area (Å²) in [5.41, 5.74) is 2.81. The number of esters is 1. The third-order valence-corrected chi connectivity index (χ3v) is 4.74. The van der Waals surface area contributed by atoms with Crippen LogP contribution in [0.1, 0.15) is 10.4 Å². The Morgan fingerprint density at radius 1 is 1.26 bits per heavy atom. The molecule has 0 aliphatic rings. The summed E-state index contributed by atoms with van der Waals surface area (Å²) in [4.78, 5) is 30.3. The highest BCUT2D eigenvalue weighted by Gasteiger charge is 2.17. The average molecular weight is 328 g/mol. The molecule has 0 fully saturated rings. The van der Waals surface area contributed by atoms with E-state index in [2.05, 4.69) is 9.72 Å². The average Bonchev–Trinajstić information content (AvgIpc) is 2.88. The molecule has 0 radical (unpaired) electrons. The molecule has 0 amide bonds. The quantitative estimate of drug-likeness (QED) is 0.694. The highest BCUT2D eigenvalue weighted by molar-refractivity contribution is 7.19. The lowest BCUT2D eigenvalue weighted by molar-refractivity contribution is -0.141. The van der Waals surface area contributed by atoms with Crippen molar-refractivity contribution in [2.75, 3.05) is 7.11 Å². The van der Waals surface area contributed by atoms with Crippen molar-refractivity contribution >= 4 is 27.5 Å². The van der Waals surface area contributed by atoms with E-state index in [0.717, 1.165) is 21.6 Å². The van der Waals surface area contributed by atoms with Gasteiger partial charge in [0.25, 0.3) is 5.56 Å². The van der Waals surface area contributed by atoms with E-state index >= 15 is 0 Å². The van der Waals surface area contributed by atoms with Crippen LogP contribution in [0.2, 0.25) is 0 Å². The van der Waals surface area contributed by atoms with Crippen LogP contribution in [0.5, 0.6) is 0 Å². The molecule has 118 valence electrons. The predicted molar refractivity (Wildman–Crippen MR) is 90.8 cm³/mol. The third kappa shape index (κ3) is 2.77. The van der Waals surface area contributed by atoms with Crippen molar-refractivity contribution in [3.8, 4) is 11.1 Å². The lowest BCUT2D eigenvalue weighted by atomic mass is 10.0. The Hall–Kier alpha value is -2.47. The van der Waals surface area contributed by atoms with Crippen LogP contribution in [0, 0.1) is 13.8 Å². The molecule has 2 heterocycles. The second-order valence-corrected chi connectivity index (χ2v) is 6.54. The highest BCUT2D eigenvalue weighted by Crippen LogP contribution is 2.35. The standard InChI is InChI=1S/C17H16N2O3S/c1-10-4-6-12(7-5-10)14-11(2)23-16-15(14)17(21)19(9-18-16)8-13(20)22-3/h4-7,9H,8H2,1-3H3. The number of aromatic nitrogens is 2. The Kier molecular flexibility index (Phi) is 4.00. The minimum Gasteiger partial charge on any atom is -0.468 e. The molecule has 0 spiro atoms. The number of carbonyl (C=O) groups excluding carboxylic acids is 1. The van der Waals surface area contributed by atoms with Gasteiger partial charge in [-0.1, -0.05) is 29.8 Å². The van der Waals surface area contributed by atoms with E-state index in [4.69, 9.17) is 0 Å². The Bertz CT molecular complexity index is 939. The van der Waals surface area contributed by atoms with Crippen molar-refractivity contribution in [2.45, 2.75) is 20.4 Å². The Morgan fingerprint density at radius 3 is 2.61 bits per heavy atom. The molecule has 6 heteroatoms. The number of thiophene rings is 1. The fourth-order valence-electron chi connectivity index (χ4n) is 2.52. The highest BCUT2D eigenvalue weighted by atomic mass is 32.1. The maximum atomic E-state index is 12.8. The van der Waals surface area contributed by atoms with Crippen LogP contribution in [0.3, 0.4) is 0 Å². The number of hydrogen-bond donors (Lipinski definition) is 0. The van der Waals surface area contributed by atoms with Gasteiger partial charge in [-0.05, 0) is 19.4 Å². The molecule has 0 atom stereocenters. The summed E-state index contributed by atoms with van der Waals surface area (Å²) in [5.74, 6) is -0.475. The summed E-state index contributed by atoms with van der Waals surface area (Å²) < 4.78 is 5.92. The van der Waals surface area contributed by atoms with Crippen LogP contribution >= 0.6 is 11.3 Å². The molecule has 3 aromatic rings. The monoisotopic (exact) mass is 328 g/mol. The van der Waals surface area contributed by atoms with Gasteiger partial charge in [0.15, 0.2) is 0 Å². The number of rotatable bonds is 3. The topological polar surface area (TPSA) is 61.2 Å². The number of benzene rings is 1. The zero-order valence-electron chi connectivity index (χ0n) is 13.1. The SMILES string of the molecule is COC(=O)Cn1cnc2sc(C)c(-c3ccc(C)cc3)c2c1=O. The molecule has 0 bridgehead atoms. The van der Waals surface area contributed by atoms with Crippen molar-refractivity contribution < 1.29 is 9.53 Å². The molecule has 5 nitrogen and oxygen atoms in total. The van der Waals surface area contributed by atoms with Crippen molar-refractivity contribution in [2.24, 2.45) is 0 Å². The number of ether oxygens (including phenoxy) is 1. The normalized spacial score (nSPS) is 10.9. The first-order valence-corrected chi connectivity index (χ1v) is 7.95. The number of aryl methyl sites for hydroxylation is 2. The maximum Gasteiger partial charge on any atom is 0.325 e. The van der Waals surface area contributed by atoms with E-state index in [1.54, 1.807) is 0 Å². The molecule has 0 saturated heterocycles. The van der Waals surface area contributed by atoms with E-state index in [9.17, 15) is 9.59 Å². The van der Waals surface area contributed by atoms with Gasteiger partial charge < -0.3 is 4.74 Å². The van der Waals surface area contributed by atoms with Crippen LogP contribution < -0.4 is 5.56 Å². The molecule has 1 aromatic carbocycles. The van der Waals surface area contributed by atoms with Gasteiger partial charge in [0.2, 0.25) is 0 Å². The zero-order valence-corrected chi connectivity index (χ0v) is 13.9. The molecule has 3 rings (SSSR count). The van der Waals surface area contributed by atoms with E-state index in [1.165, 1.54) is 29.3 Å². The summed E-state index contributed by atoms with van der Waals surface area (Å²) in [6.07, 6.45) is 1.40. The molecule has 0 saturated carbocycles. The Balaban J connectivity index is 2.23. The van der Waals surface area contributed by atoms with Gasteiger partial charge in [-0.2, -0.15) is 0 Å². The van der Waals surface area contributed by atoms with Gasteiger partial charge in [-0.3, -0.25) is 14.2 Å². The Labute approximate surface area is 137 Å². The zero-order chi connectivity index (χ0) is 16.6. The summed E-state index contributed by atoms with van der Waals surface area (Å²) in [6, 6.07) is 8.03. The van der Waals surface area contributed by atoms with Gasteiger partial charge in [0, 0.05) is 10.4 Å². The first-order chi connectivity index (χ1) is 11.0. The molecule has 0 aliphatic carbocycles. The van der Waals surface area contributed by atoms with E-state index in [-0.39, 0.29) is 12.1 Å². The van der Waals surface area contributed by atoms with Crippen molar-refractivity contribution in [3.05, 3.63) is 51.4 Å². The van der Waals surface area contributed by atoms with Gasteiger partial charge in [0.05, 0.1) is 18.8 Å². The molecular weight excluding hydrogens is 312 g/mol. The van der Waals surface area contributed by atoms with Crippen LogP contribution in [0.4, 0.5) is 0 Å². The lowest BCUT2D eigenvalue weighted by Gasteiger charge is -2.06. The van der Waals surface area contributed by atoms with Crippen LogP contribution in [-0.2, 0) is 16.1 Å². The minimum atomic E-state index is -0.475. The fraction of sp³-hybridized carbons (Fsp3) is 0.235. The van der Waals surface area contributed by atoms with E-state index < -0.39 is 5.97 Å². The van der Waals surface area contributed by atoms with Crippen LogP contribution in [0.15, 0.2) is 35.4 Å². The van der Waals surface area contributed by atoms with Crippen molar-refractivity contribution in [3.63, 3.8) is 0 Å². The summed E-state index contributed by atoms with van der Waals surface area (Å²) >= 11 is 1.48. The second kappa shape index (κ2) is 5.96. The molecular formula is C17H16N2O3S. The van der Waals surface area contributed by atoms with Crippen molar-refractivity contribution in [1.82, 2.24) is 9.55 Å². The van der Waals surface area contributed by atoms with E-state index in [0.29, 0.717) is 10.2 Å². The van der Waals surface area contributed by atoms with Crippen molar-refractivity contribution in [1.29, 1.82) is 0 Å². The molecule has 0 N–H and O–H groups in total. The number of methoxy groups -OCH3 is 1. The van der Waals surface area contributed by atoms with Crippen LogP contribution in [-0.4, -0.2) is 22.6 Å². The molecule has 0 unspecified atom stereocenters. The van der Waals surface area contributed by atoms with E-state index in [1.807, 2.05) is 38.1 Å². The lowest BCUT2D eigenvalue weighted by Crippen LogP contribution is -2.25. The van der Waals surface area contributed by atoms with Gasteiger partial charge in [-0.15, -0.1) is 11.3 Å². The molecule has 0 aliphatic heterocycles.